The molecule has 0 aromatic rings. The molecule has 3 heteroatoms. The largest absolute Gasteiger partial charge is 0.364 e. The lowest BCUT2D eigenvalue weighted by Crippen LogP contribution is -2.18. The second kappa shape index (κ2) is 4.49. The van der Waals surface area contributed by atoms with E-state index >= 15 is 0 Å². The molecule has 3 nitrogen and oxygen atoms in total. The minimum atomic E-state index is -0.853. The summed E-state index contributed by atoms with van der Waals surface area (Å²) in [5, 5.41) is 8.88. The smallest absolute Gasteiger partial charge is 0.176 e. The molecule has 1 atom stereocenters. The Morgan fingerprint density at radius 2 is 2.44 bits per heavy atom. The monoisotopic (exact) mass is 131 g/mol. The van der Waals surface area contributed by atoms with E-state index in [0.717, 1.165) is 0 Å². The number of ether oxygens (including phenoxy) is 1. The lowest BCUT2D eigenvalue weighted by Gasteiger charge is -2.09. The van der Waals surface area contributed by atoms with Gasteiger partial charge in [-0.25, -0.2) is 0 Å². The van der Waals surface area contributed by atoms with Crippen LogP contribution in [0.3, 0.4) is 0 Å². The third-order valence-electron chi connectivity index (χ3n) is 0.815. The van der Waals surface area contributed by atoms with Gasteiger partial charge in [0.1, 0.15) is 0 Å². The molecular formula is C6H13NO2. The van der Waals surface area contributed by atoms with Gasteiger partial charge < -0.3 is 15.6 Å². The Morgan fingerprint density at radius 1 is 1.89 bits per heavy atom. The van der Waals surface area contributed by atoms with Gasteiger partial charge in [-0.2, -0.15) is 0 Å². The summed E-state index contributed by atoms with van der Waals surface area (Å²) in [5.74, 6) is 0. The van der Waals surface area contributed by atoms with Gasteiger partial charge in [-0.15, -0.1) is 0 Å². The summed E-state index contributed by atoms with van der Waals surface area (Å²) >= 11 is 0. The highest BCUT2D eigenvalue weighted by atomic mass is 16.6. The van der Waals surface area contributed by atoms with Crippen LogP contribution in [0.1, 0.15) is 6.92 Å². The number of aliphatic hydroxyl groups excluding tert-OH is 1. The first-order valence-electron chi connectivity index (χ1n) is 2.83. The van der Waals surface area contributed by atoms with Crippen LogP contribution in [-0.4, -0.2) is 24.5 Å². The van der Waals surface area contributed by atoms with Gasteiger partial charge in [0, 0.05) is 6.54 Å². The molecule has 3 N–H and O–H groups in total. The third kappa shape index (κ3) is 4.14. The number of hydrogen-bond donors (Lipinski definition) is 2. The molecule has 9 heavy (non-hydrogen) atoms. The molecule has 0 amide bonds. The Hall–Kier alpha value is -0.380. The fraction of sp³-hybridized carbons (Fsp3) is 0.667. The molecule has 1 unspecified atom stereocenters. The van der Waals surface area contributed by atoms with E-state index in [1.54, 1.807) is 6.92 Å². The predicted octanol–water partition coefficient (Wildman–Crippen LogP) is -0.144. The SMILES string of the molecule is C=C(C)C(O)OCCN. The fourth-order valence-corrected chi connectivity index (χ4v) is 0.322. The van der Waals surface area contributed by atoms with E-state index in [1.807, 2.05) is 0 Å². The standard InChI is InChI=1S/C6H13NO2/c1-5(2)6(8)9-4-3-7/h6,8H,1,3-4,7H2,2H3. The normalized spacial score (nSPS) is 13.2. The quantitative estimate of drug-likeness (QED) is 0.412. The molecule has 0 aliphatic rings. The number of rotatable bonds is 4. The van der Waals surface area contributed by atoms with Crippen LogP contribution in [0, 0.1) is 0 Å². The van der Waals surface area contributed by atoms with Crippen molar-refractivity contribution in [2.45, 2.75) is 13.2 Å². The molecule has 0 aliphatic heterocycles. The number of hydrogen-bond acceptors (Lipinski definition) is 3. The summed E-state index contributed by atoms with van der Waals surface area (Å²) in [6, 6.07) is 0. The molecule has 0 saturated heterocycles. The average molecular weight is 131 g/mol. The van der Waals surface area contributed by atoms with Crippen molar-refractivity contribution in [1.82, 2.24) is 0 Å². The van der Waals surface area contributed by atoms with Crippen molar-refractivity contribution < 1.29 is 9.84 Å². The van der Waals surface area contributed by atoms with Crippen molar-refractivity contribution in [3.8, 4) is 0 Å². The first-order chi connectivity index (χ1) is 4.18. The molecule has 0 saturated carbocycles. The summed E-state index contributed by atoms with van der Waals surface area (Å²) in [4.78, 5) is 0. The van der Waals surface area contributed by atoms with Crippen LogP contribution in [0.15, 0.2) is 12.2 Å². The molecule has 0 aromatic carbocycles. The van der Waals surface area contributed by atoms with E-state index in [4.69, 9.17) is 15.6 Å². The van der Waals surface area contributed by atoms with Gasteiger partial charge in [-0.3, -0.25) is 0 Å². The van der Waals surface area contributed by atoms with E-state index in [2.05, 4.69) is 6.58 Å². The second-order valence-electron chi connectivity index (χ2n) is 1.86. The minimum absolute atomic E-state index is 0.369. The zero-order valence-corrected chi connectivity index (χ0v) is 5.63. The Morgan fingerprint density at radius 3 is 2.78 bits per heavy atom. The molecule has 0 fully saturated rings. The van der Waals surface area contributed by atoms with Gasteiger partial charge in [-0.05, 0) is 12.5 Å². The Balaban J connectivity index is 3.27. The first kappa shape index (κ1) is 8.62. The highest BCUT2D eigenvalue weighted by Crippen LogP contribution is 1.97. The van der Waals surface area contributed by atoms with Gasteiger partial charge in [-0.1, -0.05) is 6.58 Å². The van der Waals surface area contributed by atoms with Crippen LogP contribution < -0.4 is 5.73 Å². The highest BCUT2D eigenvalue weighted by Gasteiger charge is 2.01. The lowest BCUT2D eigenvalue weighted by atomic mass is 10.3. The lowest BCUT2D eigenvalue weighted by molar-refractivity contribution is -0.0686. The van der Waals surface area contributed by atoms with Crippen molar-refractivity contribution in [1.29, 1.82) is 0 Å². The van der Waals surface area contributed by atoms with Crippen LogP contribution >= 0.6 is 0 Å². The Labute approximate surface area is 55.1 Å². The highest BCUT2D eigenvalue weighted by molar-refractivity contribution is 4.91. The van der Waals surface area contributed by atoms with Gasteiger partial charge in [0.25, 0.3) is 0 Å². The van der Waals surface area contributed by atoms with Gasteiger partial charge in [0.05, 0.1) is 6.61 Å². The molecule has 54 valence electrons. The van der Waals surface area contributed by atoms with Crippen LogP contribution in [0.25, 0.3) is 0 Å². The molecule has 0 rings (SSSR count). The maximum absolute atomic E-state index is 8.88. The first-order valence-corrected chi connectivity index (χ1v) is 2.83. The molecule has 0 radical (unpaired) electrons. The maximum atomic E-state index is 8.88. The third-order valence-corrected chi connectivity index (χ3v) is 0.815. The van der Waals surface area contributed by atoms with Crippen molar-refractivity contribution in [3.05, 3.63) is 12.2 Å². The minimum Gasteiger partial charge on any atom is -0.364 e. The topological polar surface area (TPSA) is 55.5 Å². The van der Waals surface area contributed by atoms with Crippen LogP contribution in [0.5, 0.6) is 0 Å². The van der Waals surface area contributed by atoms with Crippen LogP contribution in [-0.2, 0) is 4.74 Å². The summed E-state index contributed by atoms with van der Waals surface area (Å²) in [7, 11) is 0. The zero-order chi connectivity index (χ0) is 7.28. The van der Waals surface area contributed by atoms with E-state index in [1.165, 1.54) is 0 Å². The maximum Gasteiger partial charge on any atom is 0.176 e. The zero-order valence-electron chi connectivity index (χ0n) is 5.63. The summed E-state index contributed by atoms with van der Waals surface area (Å²) in [5.41, 5.74) is 5.71. The second-order valence-corrected chi connectivity index (χ2v) is 1.86. The molecule has 0 bridgehead atoms. The van der Waals surface area contributed by atoms with E-state index in [-0.39, 0.29) is 0 Å². The predicted molar refractivity (Wildman–Crippen MR) is 35.8 cm³/mol. The van der Waals surface area contributed by atoms with E-state index < -0.39 is 6.29 Å². The fourth-order valence-electron chi connectivity index (χ4n) is 0.322. The Bertz CT molecular complexity index is 93.1. The molecule has 0 aromatic heterocycles. The van der Waals surface area contributed by atoms with Gasteiger partial charge in [0.15, 0.2) is 6.29 Å². The molecule has 0 aliphatic carbocycles. The van der Waals surface area contributed by atoms with Crippen molar-refractivity contribution in [2.24, 2.45) is 5.73 Å². The summed E-state index contributed by atoms with van der Waals surface area (Å²) in [6.45, 7) is 5.98. The van der Waals surface area contributed by atoms with Gasteiger partial charge in [0.2, 0.25) is 0 Å². The molecular weight excluding hydrogens is 118 g/mol. The number of aliphatic hydroxyl groups is 1. The average Bonchev–Trinajstić information content (AvgIpc) is 1.82. The molecule has 0 spiro atoms. The molecule has 0 heterocycles. The van der Waals surface area contributed by atoms with E-state index in [9.17, 15) is 0 Å². The van der Waals surface area contributed by atoms with E-state index in [0.29, 0.717) is 18.7 Å². The summed E-state index contributed by atoms with van der Waals surface area (Å²) < 4.78 is 4.78. The van der Waals surface area contributed by atoms with Crippen LogP contribution in [0.2, 0.25) is 0 Å². The van der Waals surface area contributed by atoms with Crippen molar-refractivity contribution >= 4 is 0 Å². The Kier molecular flexibility index (Phi) is 4.30. The van der Waals surface area contributed by atoms with Crippen molar-refractivity contribution in [3.63, 3.8) is 0 Å². The summed E-state index contributed by atoms with van der Waals surface area (Å²) in [6.07, 6.45) is -0.853. The number of nitrogens with two attached hydrogens (primary N) is 1. The van der Waals surface area contributed by atoms with Crippen LogP contribution in [0.4, 0.5) is 0 Å². The van der Waals surface area contributed by atoms with Gasteiger partial charge >= 0.3 is 0 Å². The van der Waals surface area contributed by atoms with Crippen molar-refractivity contribution in [2.75, 3.05) is 13.2 Å².